The Balaban J connectivity index is 2.64. The number of methoxy groups -OCH3 is 1. The summed E-state index contributed by atoms with van der Waals surface area (Å²) in [5, 5.41) is 3.28. The molecule has 108 valence electrons. The summed E-state index contributed by atoms with van der Waals surface area (Å²) < 4.78 is 11.1. The monoisotopic (exact) mass is 265 g/mol. The minimum absolute atomic E-state index is 0.0467. The van der Waals surface area contributed by atoms with Gasteiger partial charge >= 0.3 is 0 Å². The van der Waals surface area contributed by atoms with Crippen LogP contribution in [0.3, 0.4) is 0 Å². The third-order valence-electron chi connectivity index (χ3n) is 3.00. The van der Waals surface area contributed by atoms with Crippen molar-refractivity contribution in [1.29, 1.82) is 0 Å². The molecule has 0 aliphatic carbocycles. The molecule has 1 rings (SSSR count). The summed E-state index contributed by atoms with van der Waals surface area (Å²) in [6, 6.07) is 8.34. The summed E-state index contributed by atoms with van der Waals surface area (Å²) >= 11 is 0. The van der Waals surface area contributed by atoms with Crippen LogP contribution in [-0.2, 0) is 10.2 Å². The third-order valence-corrected chi connectivity index (χ3v) is 3.00. The zero-order chi connectivity index (χ0) is 14.3. The van der Waals surface area contributed by atoms with E-state index in [4.69, 9.17) is 9.47 Å². The lowest BCUT2D eigenvalue weighted by atomic mass is 9.87. The zero-order valence-corrected chi connectivity index (χ0v) is 12.8. The van der Waals surface area contributed by atoms with Crippen molar-refractivity contribution >= 4 is 0 Å². The number of benzene rings is 1. The van der Waals surface area contributed by atoms with E-state index in [0.29, 0.717) is 6.61 Å². The van der Waals surface area contributed by atoms with E-state index in [1.807, 2.05) is 12.1 Å². The molecule has 0 heterocycles. The van der Waals surface area contributed by atoms with Gasteiger partial charge in [-0.25, -0.2) is 0 Å². The molecule has 0 saturated carbocycles. The van der Waals surface area contributed by atoms with Gasteiger partial charge in [-0.2, -0.15) is 0 Å². The molecule has 0 spiro atoms. The maximum atomic E-state index is 5.94. The highest BCUT2D eigenvalue weighted by Gasteiger charge is 2.14. The predicted octanol–water partition coefficient (Wildman–Crippen LogP) is 2.99. The summed E-state index contributed by atoms with van der Waals surface area (Å²) in [5.41, 5.74) is 1.49. The molecule has 0 bridgehead atoms. The van der Waals surface area contributed by atoms with Crippen molar-refractivity contribution < 1.29 is 9.47 Å². The van der Waals surface area contributed by atoms with Crippen molar-refractivity contribution in [3.05, 3.63) is 29.8 Å². The smallest absolute Gasteiger partial charge is 0.134 e. The Morgan fingerprint density at radius 2 is 1.79 bits per heavy atom. The first kappa shape index (κ1) is 16.0. The molecule has 0 radical (unpaired) electrons. The van der Waals surface area contributed by atoms with Gasteiger partial charge < -0.3 is 14.8 Å². The van der Waals surface area contributed by atoms with Crippen LogP contribution < -0.4 is 10.1 Å². The lowest BCUT2D eigenvalue weighted by Gasteiger charge is -2.21. The molecule has 1 N–H and O–H groups in total. The fourth-order valence-electron chi connectivity index (χ4n) is 1.85. The number of rotatable bonds is 7. The van der Waals surface area contributed by atoms with E-state index in [2.05, 4.69) is 45.1 Å². The van der Waals surface area contributed by atoms with Crippen molar-refractivity contribution in [3.63, 3.8) is 0 Å². The molecule has 3 nitrogen and oxygen atoms in total. The minimum Gasteiger partial charge on any atom is -0.487 e. The molecule has 19 heavy (non-hydrogen) atoms. The van der Waals surface area contributed by atoms with Gasteiger partial charge in [-0.05, 0) is 29.7 Å². The van der Waals surface area contributed by atoms with Gasteiger partial charge in [0.05, 0.1) is 6.61 Å². The van der Waals surface area contributed by atoms with E-state index in [1.165, 1.54) is 5.56 Å². The number of nitrogens with one attached hydrogen (secondary N) is 1. The topological polar surface area (TPSA) is 30.5 Å². The summed E-state index contributed by atoms with van der Waals surface area (Å²) in [6.45, 7) is 11.0. The first-order chi connectivity index (χ1) is 8.97. The highest BCUT2D eigenvalue weighted by atomic mass is 16.5. The van der Waals surface area contributed by atoms with E-state index < -0.39 is 0 Å². The van der Waals surface area contributed by atoms with Crippen LogP contribution in [0.25, 0.3) is 0 Å². The summed E-state index contributed by atoms with van der Waals surface area (Å²) in [4.78, 5) is 0. The van der Waals surface area contributed by atoms with Gasteiger partial charge in [-0.3, -0.25) is 0 Å². The van der Waals surface area contributed by atoms with Gasteiger partial charge in [-0.15, -0.1) is 0 Å². The molecule has 1 atom stereocenters. The third kappa shape index (κ3) is 5.62. The van der Waals surface area contributed by atoms with Crippen LogP contribution in [0.5, 0.6) is 5.75 Å². The molecule has 1 aromatic carbocycles. The number of hydrogen-bond donors (Lipinski definition) is 1. The standard InChI is InChI=1S/C16H27NO2/c1-6-17-11-15(12-18-5)19-14-9-7-13(8-10-14)16(2,3)4/h7-10,15,17H,6,11-12H2,1-5H3. The van der Waals surface area contributed by atoms with Crippen molar-refractivity contribution in [3.8, 4) is 5.75 Å². The summed E-state index contributed by atoms with van der Waals surface area (Å²) in [7, 11) is 1.70. The molecule has 0 aromatic heterocycles. The summed E-state index contributed by atoms with van der Waals surface area (Å²) in [6.07, 6.45) is 0.0467. The Labute approximate surface area is 117 Å². The second-order valence-corrected chi connectivity index (χ2v) is 5.78. The van der Waals surface area contributed by atoms with Crippen molar-refractivity contribution in [2.75, 3.05) is 26.8 Å². The Hall–Kier alpha value is -1.06. The number of likely N-dealkylation sites (N-methyl/N-ethyl adjacent to an activating group) is 1. The normalized spacial score (nSPS) is 13.3. The van der Waals surface area contributed by atoms with Crippen LogP contribution in [0.15, 0.2) is 24.3 Å². The molecule has 0 amide bonds. The van der Waals surface area contributed by atoms with Gasteiger partial charge in [0.15, 0.2) is 0 Å². The van der Waals surface area contributed by atoms with Crippen molar-refractivity contribution in [2.24, 2.45) is 0 Å². The van der Waals surface area contributed by atoms with Gasteiger partial charge in [-0.1, -0.05) is 39.8 Å². The van der Waals surface area contributed by atoms with E-state index in [0.717, 1.165) is 18.8 Å². The fourth-order valence-corrected chi connectivity index (χ4v) is 1.85. The van der Waals surface area contributed by atoms with Gasteiger partial charge in [0.1, 0.15) is 11.9 Å². The highest BCUT2D eigenvalue weighted by Crippen LogP contribution is 2.24. The average molecular weight is 265 g/mol. The molecule has 0 fully saturated rings. The Kier molecular flexibility index (Phi) is 6.32. The minimum atomic E-state index is 0.0467. The van der Waals surface area contributed by atoms with Crippen molar-refractivity contribution in [2.45, 2.75) is 39.2 Å². The van der Waals surface area contributed by atoms with E-state index in [-0.39, 0.29) is 11.5 Å². The van der Waals surface area contributed by atoms with Crippen LogP contribution in [0.4, 0.5) is 0 Å². The van der Waals surface area contributed by atoms with Gasteiger partial charge in [0, 0.05) is 13.7 Å². The van der Waals surface area contributed by atoms with Crippen LogP contribution in [0, 0.1) is 0 Å². The first-order valence-corrected chi connectivity index (χ1v) is 6.94. The molecular formula is C16H27NO2. The average Bonchev–Trinajstić information content (AvgIpc) is 2.36. The second-order valence-electron chi connectivity index (χ2n) is 5.78. The zero-order valence-electron chi connectivity index (χ0n) is 12.8. The maximum Gasteiger partial charge on any atom is 0.134 e. The first-order valence-electron chi connectivity index (χ1n) is 6.94. The number of ether oxygens (including phenoxy) is 2. The van der Waals surface area contributed by atoms with E-state index in [9.17, 15) is 0 Å². The highest BCUT2D eigenvalue weighted by molar-refractivity contribution is 5.31. The van der Waals surface area contributed by atoms with E-state index in [1.54, 1.807) is 7.11 Å². The molecule has 0 saturated heterocycles. The predicted molar refractivity (Wildman–Crippen MR) is 80.0 cm³/mol. The molecule has 0 aliphatic rings. The maximum absolute atomic E-state index is 5.94. The molecular weight excluding hydrogens is 238 g/mol. The van der Waals surface area contributed by atoms with Crippen LogP contribution in [-0.4, -0.2) is 32.9 Å². The fraction of sp³-hybridized carbons (Fsp3) is 0.625. The quantitative estimate of drug-likeness (QED) is 0.822. The largest absolute Gasteiger partial charge is 0.487 e. The molecule has 1 aromatic rings. The number of hydrogen-bond acceptors (Lipinski definition) is 3. The van der Waals surface area contributed by atoms with Crippen LogP contribution in [0.2, 0.25) is 0 Å². The van der Waals surface area contributed by atoms with Crippen molar-refractivity contribution in [1.82, 2.24) is 5.32 Å². The molecule has 3 heteroatoms. The Bertz CT molecular complexity index is 354. The SMILES string of the molecule is CCNCC(COC)Oc1ccc(C(C)(C)C)cc1. The van der Waals surface area contributed by atoms with Gasteiger partial charge in [0.25, 0.3) is 0 Å². The summed E-state index contributed by atoms with van der Waals surface area (Å²) in [5.74, 6) is 0.896. The van der Waals surface area contributed by atoms with Crippen LogP contribution >= 0.6 is 0 Å². The van der Waals surface area contributed by atoms with E-state index >= 15 is 0 Å². The molecule has 0 aliphatic heterocycles. The van der Waals surface area contributed by atoms with Crippen LogP contribution in [0.1, 0.15) is 33.3 Å². The lowest BCUT2D eigenvalue weighted by molar-refractivity contribution is 0.0809. The Morgan fingerprint density at radius 3 is 2.26 bits per heavy atom. The lowest BCUT2D eigenvalue weighted by Crippen LogP contribution is -2.34. The molecule has 1 unspecified atom stereocenters. The van der Waals surface area contributed by atoms with Gasteiger partial charge in [0.2, 0.25) is 0 Å². The second kappa shape index (κ2) is 7.51. The Morgan fingerprint density at radius 1 is 1.16 bits per heavy atom.